The number of benzene rings is 2. The molecule has 1 amide bonds. The zero-order valence-corrected chi connectivity index (χ0v) is 15.3. The van der Waals surface area contributed by atoms with Crippen LogP contribution in [0.1, 0.15) is 11.1 Å². The van der Waals surface area contributed by atoms with Gasteiger partial charge in [0.25, 0.3) is 5.91 Å². The van der Waals surface area contributed by atoms with Crippen LogP contribution in [0.3, 0.4) is 0 Å². The Labute approximate surface area is 160 Å². The molecule has 0 spiro atoms. The summed E-state index contributed by atoms with van der Waals surface area (Å²) in [5.41, 5.74) is 0.199. The first kappa shape index (κ1) is 20.3. The molecule has 28 heavy (non-hydrogen) atoms. The lowest BCUT2D eigenvalue weighted by atomic mass is 10.1. The van der Waals surface area contributed by atoms with E-state index in [-0.39, 0.29) is 18.1 Å². The van der Waals surface area contributed by atoms with E-state index in [1.54, 1.807) is 18.2 Å². The third-order valence-corrected chi connectivity index (χ3v) is 4.93. The van der Waals surface area contributed by atoms with Crippen LogP contribution in [0.15, 0.2) is 48.5 Å². The number of anilines is 1. The maximum Gasteiger partial charge on any atom is 0.416 e. The molecule has 1 aliphatic heterocycles. The maximum atomic E-state index is 13.6. The lowest BCUT2D eigenvalue weighted by Gasteiger charge is -2.29. The van der Waals surface area contributed by atoms with Gasteiger partial charge >= 0.3 is 6.18 Å². The molecular weight excluding hydrogens is 374 g/mol. The number of hydrogen-bond donors (Lipinski definition) is 3. The Morgan fingerprint density at radius 3 is 2.32 bits per heavy atom. The van der Waals surface area contributed by atoms with Gasteiger partial charge in [0.2, 0.25) is 0 Å². The Morgan fingerprint density at radius 2 is 1.64 bits per heavy atom. The van der Waals surface area contributed by atoms with Gasteiger partial charge in [0.05, 0.1) is 11.3 Å². The molecular formula is C20H23F4N3O+2. The van der Waals surface area contributed by atoms with E-state index in [1.807, 2.05) is 0 Å². The van der Waals surface area contributed by atoms with Gasteiger partial charge in [-0.2, -0.15) is 13.2 Å². The minimum Gasteiger partial charge on any atom is -0.322 e. The maximum absolute atomic E-state index is 13.6. The van der Waals surface area contributed by atoms with Crippen LogP contribution in [-0.4, -0.2) is 38.6 Å². The molecule has 1 heterocycles. The number of amides is 1. The Balaban J connectivity index is 1.47. The quantitative estimate of drug-likeness (QED) is 0.641. The number of halogens is 4. The van der Waals surface area contributed by atoms with Crippen molar-refractivity contribution in [1.29, 1.82) is 0 Å². The normalized spacial score (nSPS) is 20.0. The molecule has 3 N–H and O–H groups in total. The fraction of sp³-hybridized carbons (Fsp3) is 0.350. The number of alkyl halides is 3. The first-order valence-corrected chi connectivity index (χ1v) is 9.19. The van der Waals surface area contributed by atoms with E-state index in [2.05, 4.69) is 5.32 Å². The van der Waals surface area contributed by atoms with Crippen molar-refractivity contribution < 1.29 is 32.2 Å². The van der Waals surface area contributed by atoms with Gasteiger partial charge in [-0.15, -0.1) is 0 Å². The Bertz CT molecular complexity index is 817. The van der Waals surface area contributed by atoms with Crippen LogP contribution in [0.5, 0.6) is 0 Å². The van der Waals surface area contributed by atoms with Crippen molar-refractivity contribution in [2.75, 3.05) is 38.0 Å². The van der Waals surface area contributed by atoms with Crippen molar-refractivity contribution >= 4 is 11.6 Å². The summed E-state index contributed by atoms with van der Waals surface area (Å²) in [6, 6.07) is 11.4. The molecule has 1 saturated heterocycles. The summed E-state index contributed by atoms with van der Waals surface area (Å²) in [6.07, 6.45) is -4.33. The van der Waals surface area contributed by atoms with E-state index >= 15 is 0 Å². The van der Waals surface area contributed by atoms with Gasteiger partial charge < -0.3 is 15.1 Å². The Morgan fingerprint density at radius 1 is 0.964 bits per heavy atom. The molecule has 0 radical (unpaired) electrons. The largest absolute Gasteiger partial charge is 0.416 e. The van der Waals surface area contributed by atoms with Gasteiger partial charge in [-0.25, -0.2) is 4.39 Å². The number of nitrogens with one attached hydrogen (secondary N) is 3. The number of carbonyl (C=O) groups excluding carboxylic acids is 1. The molecule has 2 aromatic rings. The molecule has 4 nitrogen and oxygen atoms in total. The zero-order valence-electron chi connectivity index (χ0n) is 15.3. The van der Waals surface area contributed by atoms with Crippen molar-refractivity contribution in [3.63, 3.8) is 0 Å². The lowest BCUT2D eigenvalue weighted by Crippen LogP contribution is -3.28. The monoisotopic (exact) mass is 397 g/mol. The lowest BCUT2D eigenvalue weighted by molar-refractivity contribution is -1.02. The molecule has 0 bridgehead atoms. The van der Waals surface area contributed by atoms with Gasteiger partial charge in [0.15, 0.2) is 6.54 Å². The van der Waals surface area contributed by atoms with Gasteiger partial charge in [0, 0.05) is 5.56 Å². The van der Waals surface area contributed by atoms with Gasteiger partial charge in [-0.3, -0.25) is 4.79 Å². The minimum atomic E-state index is -4.33. The van der Waals surface area contributed by atoms with Crippen molar-refractivity contribution in [3.8, 4) is 0 Å². The van der Waals surface area contributed by atoms with E-state index in [4.69, 9.17) is 0 Å². The van der Waals surface area contributed by atoms with E-state index in [0.717, 1.165) is 37.1 Å². The van der Waals surface area contributed by atoms with Crippen molar-refractivity contribution in [2.24, 2.45) is 0 Å². The molecule has 0 aliphatic carbocycles. The van der Waals surface area contributed by atoms with Crippen LogP contribution in [0, 0.1) is 5.82 Å². The second-order valence-corrected chi connectivity index (χ2v) is 7.08. The number of carbonyl (C=O) groups is 1. The van der Waals surface area contributed by atoms with Crippen LogP contribution in [0.4, 0.5) is 23.2 Å². The predicted molar refractivity (Wildman–Crippen MR) is 96.4 cm³/mol. The summed E-state index contributed by atoms with van der Waals surface area (Å²) in [5, 5.41) is 2.58. The number of rotatable bonds is 5. The van der Waals surface area contributed by atoms with Crippen LogP contribution < -0.4 is 15.1 Å². The molecule has 150 valence electrons. The molecule has 8 heteroatoms. The highest BCUT2D eigenvalue weighted by Gasteiger charge is 2.31. The highest BCUT2D eigenvalue weighted by molar-refractivity contribution is 5.91. The number of piperazine rings is 1. The number of hydrogen-bond acceptors (Lipinski definition) is 1. The summed E-state index contributed by atoms with van der Waals surface area (Å²) in [5.74, 6) is -0.720. The highest BCUT2D eigenvalue weighted by Crippen LogP contribution is 2.29. The smallest absolute Gasteiger partial charge is 0.322 e. The standard InChI is InChI=1S/C20H21F4N3O/c21-17-6-1-2-7-18(17)25-19(28)14-27-10-8-26(9-11-27)13-15-4-3-5-16(12-15)20(22,23)24/h1-7,12H,8-11,13-14H2,(H,25,28)/p+2. The summed E-state index contributed by atoms with van der Waals surface area (Å²) < 4.78 is 52.1. The first-order chi connectivity index (χ1) is 13.3. The summed E-state index contributed by atoms with van der Waals surface area (Å²) >= 11 is 0. The molecule has 2 aromatic carbocycles. The minimum absolute atomic E-state index is 0.167. The van der Waals surface area contributed by atoms with Crippen molar-refractivity contribution in [3.05, 3.63) is 65.5 Å². The zero-order chi connectivity index (χ0) is 20.1. The van der Waals surface area contributed by atoms with Crippen LogP contribution in [0.25, 0.3) is 0 Å². The fourth-order valence-corrected chi connectivity index (χ4v) is 3.44. The molecule has 0 saturated carbocycles. The van der Waals surface area contributed by atoms with Crippen LogP contribution in [0.2, 0.25) is 0 Å². The van der Waals surface area contributed by atoms with E-state index in [9.17, 15) is 22.4 Å². The number of para-hydroxylation sites is 1. The number of quaternary nitrogens is 2. The Kier molecular flexibility index (Phi) is 6.31. The SMILES string of the molecule is O=C(C[NH+]1CC[NH+](Cc2cccc(C(F)(F)F)c2)CC1)Nc1ccccc1F. The third-order valence-electron chi connectivity index (χ3n) is 4.93. The molecule has 0 atom stereocenters. The van der Waals surface area contributed by atoms with E-state index in [0.29, 0.717) is 12.1 Å². The third kappa shape index (κ3) is 5.53. The molecule has 0 unspecified atom stereocenters. The van der Waals surface area contributed by atoms with Gasteiger partial charge in [-0.1, -0.05) is 24.3 Å². The van der Waals surface area contributed by atoms with Crippen LogP contribution in [-0.2, 0) is 17.5 Å². The second-order valence-electron chi connectivity index (χ2n) is 7.08. The van der Waals surface area contributed by atoms with Crippen molar-refractivity contribution in [2.45, 2.75) is 12.7 Å². The highest BCUT2D eigenvalue weighted by atomic mass is 19.4. The van der Waals surface area contributed by atoms with Crippen LogP contribution >= 0.6 is 0 Å². The molecule has 0 aromatic heterocycles. The summed E-state index contributed by atoms with van der Waals surface area (Å²) in [6.45, 7) is 3.76. The summed E-state index contributed by atoms with van der Waals surface area (Å²) in [4.78, 5) is 14.4. The van der Waals surface area contributed by atoms with E-state index < -0.39 is 17.6 Å². The predicted octanol–water partition coefficient (Wildman–Crippen LogP) is 0.767. The van der Waals surface area contributed by atoms with Gasteiger partial charge in [-0.05, 0) is 24.3 Å². The van der Waals surface area contributed by atoms with Gasteiger partial charge in [0.1, 0.15) is 38.5 Å². The molecule has 1 aliphatic rings. The van der Waals surface area contributed by atoms with Crippen molar-refractivity contribution in [1.82, 2.24) is 0 Å². The second kappa shape index (κ2) is 8.70. The summed E-state index contributed by atoms with van der Waals surface area (Å²) in [7, 11) is 0. The topological polar surface area (TPSA) is 38.0 Å². The fourth-order valence-electron chi connectivity index (χ4n) is 3.44. The molecule has 3 rings (SSSR count). The van der Waals surface area contributed by atoms with E-state index in [1.165, 1.54) is 29.2 Å². The molecule has 1 fully saturated rings. The average molecular weight is 397 g/mol. The first-order valence-electron chi connectivity index (χ1n) is 9.19. The Hall–Kier alpha value is -2.45. The average Bonchev–Trinajstić information content (AvgIpc) is 2.65.